The van der Waals surface area contributed by atoms with Gasteiger partial charge < -0.3 is 10.2 Å². The third-order valence-corrected chi connectivity index (χ3v) is 3.63. The van der Waals surface area contributed by atoms with Crippen molar-refractivity contribution in [3.8, 4) is 0 Å². The molecule has 1 saturated heterocycles. The standard InChI is InChI=1S/C11H16N2O/c14-11-10-8(4-3-6-12-10)9-5-1-2-7-13(9)11/h9,12H,1-7H2. The van der Waals surface area contributed by atoms with Gasteiger partial charge in [0.05, 0.1) is 6.04 Å². The van der Waals surface area contributed by atoms with Crippen molar-refractivity contribution in [2.45, 2.75) is 38.1 Å². The summed E-state index contributed by atoms with van der Waals surface area (Å²) in [5, 5.41) is 3.28. The number of rotatable bonds is 0. The van der Waals surface area contributed by atoms with Gasteiger partial charge in [0, 0.05) is 13.1 Å². The fourth-order valence-electron chi connectivity index (χ4n) is 2.96. The van der Waals surface area contributed by atoms with Crippen LogP contribution < -0.4 is 5.32 Å². The molecule has 1 unspecified atom stereocenters. The summed E-state index contributed by atoms with van der Waals surface area (Å²) in [6, 6.07) is 0.457. The molecule has 0 aromatic carbocycles. The highest BCUT2D eigenvalue weighted by atomic mass is 16.2. The first-order valence-corrected chi connectivity index (χ1v) is 5.66. The Bertz CT molecular complexity index is 308. The quantitative estimate of drug-likeness (QED) is 0.621. The Morgan fingerprint density at radius 1 is 1.29 bits per heavy atom. The van der Waals surface area contributed by atoms with Crippen LogP contribution in [0.3, 0.4) is 0 Å². The van der Waals surface area contributed by atoms with Crippen molar-refractivity contribution in [2.24, 2.45) is 0 Å². The molecular formula is C11H16N2O. The van der Waals surface area contributed by atoms with Crippen LogP contribution in [-0.4, -0.2) is 29.9 Å². The first kappa shape index (κ1) is 8.33. The van der Waals surface area contributed by atoms with E-state index in [1.54, 1.807) is 0 Å². The van der Waals surface area contributed by atoms with Crippen LogP contribution in [0.1, 0.15) is 32.1 Å². The smallest absolute Gasteiger partial charge is 0.270 e. The van der Waals surface area contributed by atoms with Gasteiger partial charge >= 0.3 is 0 Å². The molecule has 1 atom stereocenters. The average molecular weight is 192 g/mol. The maximum Gasteiger partial charge on any atom is 0.270 e. The number of amides is 1. The highest BCUT2D eigenvalue weighted by Crippen LogP contribution is 2.35. The first-order valence-electron chi connectivity index (χ1n) is 5.66. The predicted octanol–water partition coefficient (Wildman–Crippen LogP) is 1.02. The molecular weight excluding hydrogens is 176 g/mol. The molecule has 1 amide bonds. The number of carbonyl (C=O) groups excluding carboxylic acids is 1. The number of hydrogen-bond donors (Lipinski definition) is 1. The Kier molecular flexibility index (Phi) is 1.79. The van der Waals surface area contributed by atoms with E-state index in [0.717, 1.165) is 25.2 Å². The van der Waals surface area contributed by atoms with Crippen molar-refractivity contribution in [1.29, 1.82) is 0 Å². The molecule has 3 heterocycles. The van der Waals surface area contributed by atoms with E-state index < -0.39 is 0 Å². The summed E-state index contributed by atoms with van der Waals surface area (Å²) in [5.74, 6) is 0.268. The topological polar surface area (TPSA) is 32.3 Å². The zero-order valence-electron chi connectivity index (χ0n) is 8.38. The Morgan fingerprint density at radius 3 is 3.14 bits per heavy atom. The third-order valence-electron chi connectivity index (χ3n) is 3.63. The van der Waals surface area contributed by atoms with Crippen LogP contribution in [0.15, 0.2) is 11.3 Å². The molecule has 3 nitrogen and oxygen atoms in total. The van der Waals surface area contributed by atoms with Crippen molar-refractivity contribution in [1.82, 2.24) is 10.2 Å². The second-order valence-electron chi connectivity index (χ2n) is 4.44. The van der Waals surface area contributed by atoms with Crippen LogP contribution in [0.5, 0.6) is 0 Å². The highest BCUT2D eigenvalue weighted by molar-refractivity contribution is 5.97. The largest absolute Gasteiger partial charge is 0.381 e. The molecule has 3 rings (SSSR count). The summed E-state index contributed by atoms with van der Waals surface area (Å²) < 4.78 is 0. The fraction of sp³-hybridized carbons (Fsp3) is 0.727. The number of carbonyl (C=O) groups is 1. The number of nitrogens with one attached hydrogen (secondary N) is 1. The van der Waals surface area contributed by atoms with E-state index in [9.17, 15) is 4.79 Å². The molecule has 0 aliphatic carbocycles. The summed E-state index contributed by atoms with van der Waals surface area (Å²) in [7, 11) is 0. The minimum atomic E-state index is 0.268. The van der Waals surface area contributed by atoms with Crippen molar-refractivity contribution in [2.75, 3.05) is 13.1 Å². The van der Waals surface area contributed by atoms with Crippen molar-refractivity contribution in [3.63, 3.8) is 0 Å². The maximum absolute atomic E-state index is 12.0. The van der Waals surface area contributed by atoms with Gasteiger partial charge in [-0.2, -0.15) is 0 Å². The zero-order chi connectivity index (χ0) is 9.54. The van der Waals surface area contributed by atoms with E-state index in [2.05, 4.69) is 10.2 Å². The summed E-state index contributed by atoms with van der Waals surface area (Å²) in [6.45, 7) is 1.95. The van der Waals surface area contributed by atoms with E-state index >= 15 is 0 Å². The lowest BCUT2D eigenvalue weighted by Gasteiger charge is -2.31. The van der Waals surface area contributed by atoms with Crippen molar-refractivity contribution >= 4 is 5.91 Å². The number of hydrogen-bond acceptors (Lipinski definition) is 2. The molecule has 14 heavy (non-hydrogen) atoms. The van der Waals surface area contributed by atoms with E-state index in [1.165, 1.54) is 31.3 Å². The van der Waals surface area contributed by atoms with Gasteiger partial charge in [0.2, 0.25) is 0 Å². The van der Waals surface area contributed by atoms with Gasteiger partial charge in [0.1, 0.15) is 5.70 Å². The van der Waals surface area contributed by atoms with Crippen LogP contribution in [0, 0.1) is 0 Å². The fourth-order valence-corrected chi connectivity index (χ4v) is 2.96. The molecule has 0 aromatic rings. The van der Waals surface area contributed by atoms with Crippen LogP contribution in [0.2, 0.25) is 0 Å². The first-order chi connectivity index (χ1) is 6.88. The predicted molar refractivity (Wildman–Crippen MR) is 53.6 cm³/mol. The van der Waals surface area contributed by atoms with Crippen LogP contribution in [-0.2, 0) is 4.79 Å². The minimum Gasteiger partial charge on any atom is -0.381 e. The molecule has 0 aromatic heterocycles. The molecule has 0 bridgehead atoms. The van der Waals surface area contributed by atoms with Gasteiger partial charge in [-0.05, 0) is 37.7 Å². The second-order valence-corrected chi connectivity index (χ2v) is 4.44. The van der Waals surface area contributed by atoms with E-state index in [-0.39, 0.29) is 5.91 Å². The molecule has 1 fully saturated rings. The van der Waals surface area contributed by atoms with Gasteiger partial charge in [0.25, 0.3) is 5.91 Å². The normalized spacial score (nSPS) is 31.3. The summed E-state index contributed by atoms with van der Waals surface area (Å²) >= 11 is 0. The summed E-state index contributed by atoms with van der Waals surface area (Å²) in [6.07, 6.45) is 5.98. The van der Waals surface area contributed by atoms with Crippen LogP contribution in [0.25, 0.3) is 0 Å². The van der Waals surface area contributed by atoms with Crippen molar-refractivity contribution < 1.29 is 4.79 Å². The van der Waals surface area contributed by atoms with Gasteiger partial charge in [-0.3, -0.25) is 4.79 Å². The Hall–Kier alpha value is -0.990. The minimum absolute atomic E-state index is 0.268. The molecule has 1 N–H and O–H groups in total. The lowest BCUT2D eigenvalue weighted by molar-refractivity contribution is -0.128. The number of fused-ring (bicyclic) bond motifs is 2. The van der Waals surface area contributed by atoms with Crippen LogP contribution in [0.4, 0.5) is 0 Å². The van der Waals surface area contributed by atoms with E-state index in [4.69, 9.17) is 0 Å². The highest BCUT2D eigenvalue weighted by Gasteiger charge is 2.40. The Labute approximate surface area is 84.2 Å². The van der Waals surface area contributed by atoms with Gasteiger partial charge in [-0.15, -0.1) is 0 Å². The summed E-state index contributed by atoms with van der Waals surface area (Å²) in [4.78, 5) is 14.1. The Morgan fingerprint density at radius 2 is 2.21 bits per heavy atom. The lowest BCUT2D eigenvalue weighted by atomic mass is 9.93. The molecule has 0 radical (unpaired) electrons. The molecule has 0 saturated carbocycles. The van der Waals surface area contributed by atoms with Gasteiger partial charge in [-0.25, -0.2) is 0 Å². The van der Waals surface area contributed by atoms with Crippen LogP contribution >= 0.6 is 0 Å². The monoisotopic (exact) mass is 192 g/mol. The Balaban J connectivity index is 1.96. The zero-order valence-corrected chi connectivity index (χ0v) is 8.38. The third kappa shape index (κ3) is 1.01. The van der Waals surface area contributed by atoms with E-state index in [0.29, 0.717) is 6.04 Å². The van der Waals surface area contributed by atoms with Gasteiger partial charge in [0.15, 0.2) is 0 Å². The molecule has 3 aliphatic heterocycles. The molecule has 3 heteroatoms. The number of piperidine rings is 1. The van der Waals surface area contributed by atoms with Gasteiger partial charge in [-0.1, -0.05) is 0 Å². The molecule has 0 spiro atoms. The molecule has 3 aliphatic rings. The van der Waals surface area contributed by atoms with E-state index in [1.807, 2.05) is 0 Å². The SMILES string of the molecule is O=C1C2=C(CCCN2)C2CCCCN12. The average Bonchev–Trinajstić information content (AvgIpc) is 2.55. The molecule has 76 valence electrons. The van der Waals surface area contributed by atoms with Crippen molar-refractivity contribution in [3.05, 3.63) is 11.3 Å². The number of nitrogens with zero attached hydrogens (tertiary/aromatic N) is 1. The maximum atomic E-state index is 12.0. The second kappa shape index (κ2) is 3.01. The summed E-state index contributed by atoms with van der Waals surface area (Å²) in [5.41, 5.74) is 2.35. The lowest BCUT2D eigenvalue weighted by Crippen LogP contribution is -2.39.